The van der Waals surface area contributed by atoms with Gasteiger partial charge in [0.25, 0.3) is 0 Å². The van der Waals surface area contributed by atoms with Gasteiger partial charge >= 0.3 is 0 Å². The predicted molar refractivity (Wildman–Crippen MR) is 203 cm³/mol. The molecule has 6 heterocycles. The standard InChI is InChI=1S/C6H8.2C5H7N.C5H6S.C4H5NO.C4H5NS.C3H4N2O.4CH4/c1-6-4-2-3-5-6;2*1-5-3-2-4-6-5;1-5-2-3-6-4-5;2*1-4-5-2-3-6-4;1-3-5-4-2-6-3;;;;/h2,4-5H,3H2,1H3;2-3H,4H2,1H3;2-4,6H,1H3;2-4H,1H3;2*2-3H,1H3;2H,1H3;4*1H4. The maximum atomic E-state index is 4.72. The van der Waals surface area contributed by atoms with Crippen molar-refractivity contribution in [1.29, 1.82) is 0 Å². The molecular weight excluding hydrogens is 613 g/mol. The highest BCUT2D eigenvalue weighted by atomic mass is 32.1. The third kappa shape index (κ3) is 29.9. The van der Waals surface area contributed by atoms with Crippen molar-refractivity contribution in [3.63, 3.8) is 0 Å². The van der Waals surface area contributed by atoms with E-state index in [1.54, 1.807) is 55.2 Å². The predicted octanol–water partition coefficient (Wildman–Crippen LogP) is 11.6. The lowest BCUT2D eigenvalue weighted by Gasteiger charge is -1.72. The second-order valence-corrected chi connectivity index (χ2v) is 10.6. The zero-order valence-electron chi connectivity index (χ0n) is 25.5. The summed E-state index contributed by atoms with van der Waals surface area (Å²) in [5.41, 5.74) is 5.12. The number of thiazole rings is 1. The minimum absolute atomic E-state index is 0. The molecule has 1 N–H and O–H groups in total. The molecule has 0 fully saturated rings. The zero-order chi connectivity index (χ0) is 30.8. The number of aromatic amines is 1. The smallest absolute Gasteiger partial charge is 0.213 e. The van der Waals surface area contributed by atoms with Crippen LogP contribution in [0.3, 0.4) is 0 Å². The molecule has 5 aromatic heterocycles. The van der Waals surface area contributed by atoms with E-state index in [1.165, 1.54) is 23.2 Å². The Morgan fingerprint density at radius 3 is 1.72 bits per heavy atom. The molecule has 0 radical (unpaired) electrons. The first-order chi connectivity index (χ1) is 20.3. The molecule has 5 aromatic rings. The number of thiophene rings is 1. The van der Waals surface area contributed by atoms with Crippen molar-refractivity contribution >= 4 is 28.4 Å². The lowest BCUT2D eigenvalue weighted by atomic mass is 10.3. The molecule has 0 saturated heterocycles. The van der Waals surface area contributed by atoms with Gasteiger partial charge in [-0.25, -0.2) is 4.98 Å². The van der Waals surface area contributed by atoms with Crippen molar-refractivity contribution in [3.8, 4) is 0 Å². The van der Waals surface area contributed by atoms with Gasteiger partial charge in [0.2, 0.25) is 12.3 Å². The second kappa shape index (κ2) is 32.2. The minimum Gasteiger partial charge on any atom is -0.449 e. The SMILES string of the molecule is C.C.C.C.CC1=CCC=C1.CC1=NCC=C1.Cc1ccc[nH]1.Cc1ccsc1.Cc1ncco1.Cc1nccs1.Cc1nnco1. The Kier molecular flexibility index (Phi) is 34.2. The van der Waals surface area contributed by atoms with E-state index < -0.39 is 0 Å². The quantitative estimate of drug-likeness (QED) is 0.176. The van der Waals surface area contributed by atoms with Gasteiger partial charge in [-0.3, -0.25) is 9.98 Å². The lowest BCUT2D eigenvalue weighted by Crippen LogP contribution is -1.73. The van der Waals surface area contributed by atoms with Gasteiger partial charge in [-0.1, -0.05) is 59.6 Å². The van der Waals surface area contributed by atoms with Gasteiger partial charge in [-0.15, -0.1) is 21.5 Å². The number of rotatable bonds is 0. The number of aliphatic imine (C=N–C) groups is 1. The third-order valence-corrected chi connectivity index (χ3v) is 6.26. The molecule has 0 atom stereocenters. The highest BCUT2D eigenvalue weighted by molar-refractivity contribution is 7.09. The molecule has 2 aliphatic rings. The Morgan fingerprint density at radius 1 is 0.804 bits per heavy atom. The van der Waals surface area contributed by atoms with Crippen LogP contribution in [-0.2, 0) is 0 Å². The molecule has 0 saturated carbocycles. The summed E-state index contributed by atoms with van der Waals surface area (Å²) in [7, 11) is 0. The first-order valence-corrected chi connectivity index (χ1v) is 15.1. The number of aryl methyl sites for hydroxylation is 5. The second-order valence-electron chi connectivity index (χ2n) is 8.68. The van der Waals surface area contributed by atoms with Crippen molar-refractivity contribution in [2.45, 2.75) is 84.6 Å². The van der Waals surface area contributed by atoms with Crippen LogP contribution in [0.5, 0.6) is 0 Å². The molecule has 1 aliphatic carbocycles. The van der Waals surface area contributed by atoms with Gasteiger partial charge < -0.3 is 13.8 Å². The Bertz CT molecular complexity index is 1150. The zero-order valence-corrected chi connectivity index (χ0v) is 27.2. The number of aromatic nitrogens is 5. The number of allylic oxidation sites excluding steroid dienone is 5. The minimum atomic E-state index is 0. The first-order valence-electron chi connectivity index (χ1n) is 13.3. The maximum absolute atomic E-state index is 4.72. The number of hydrogen-bond acceptors (Lipinski definition) is 9. The van der Waals surface area contributed by atoms with E-state index in [9.17, 15) is 0 Å². The highest BCUT2D eigenvalue weighted by Crippen LogP contribution is 2.05. The summed E-state index contributed by atoms with van der Waals surface area (Å²) in [6, 6.07) is 6.11. The molecule has 0 bridgehead atoms. The molecule has 0 spiro atoms. The van der Waals surface area contributed by atoms with Crippen LogP contribution in [-0.4, -0.2) is 37.4 Å². The van der Waals surface area contributed by atoms with Crippen LogP contribution in [0.1, 0.15) is 78.0 Å². The fraction of sp³-hybridized carbons (Fsp3) is 0.361. The van der Waals surface area contributed by atoms with Crippen molar-refractivity contribution in [1.82, 2.24) is 25.1 Å². The molecule has 0 aromatic carbocycles. The molecule has 0 unspecified atom stereocenters. The number of oxazole rings is 1. The van der Waals surface area contributed by atoms with Crippen molar-refractivity contribution < 1.29 is 8.83 Å². The van der Waals surface area contributed by atoms with E-state index in [0.29, 0.717) is 5.89 Å². The van der Waals surface area contributed by atoms with Crippen LogP contribution in [0, 0.1) is 34.6 Å². The fourth-order valence-corrected chi connectivity index (χ4v) is 3.72. The van der Waals surface area contributed by atoms with Crippen LogP contribution in [0.2, 0.25) is 0 Å². The summed E-state index contributed by atoms with van der Waals surface area (Å²) in [5.74, 6) is 1.32. The Labute approximate surface area is 287 Å². The molecule has 7 rings (SSSR count). The van der Waals surface area contributed by atoms with E-state index in [1.807, 2.05) is 50.6 Å². The largest absolute Gasteiger partial charge is 0.449 e. The average molecular weight is 671 g/mol. The molecule has 10 heteroatoms. The van der Waals surface area contributed by atoms with Crippen molar-refractivity contribution in [3.05, 3.63) is 130 Å². The lowest BCUT2D eigenvalue weighted by molar-refractivity contribution is 0.518. The number of H-pyrrole nitrogens is 1. The summed E-state index contributed by atoms with van der Waals surface area (Å²) in [6.45, 7) is 14.7. The van der Waals surface area contributed by atoms with Crippen LogP contribution in [0.15, 0.2) is 115 Å². The Hall–Kier alpha value is -4.15. The fourth-order valence-electron chi connectivity index (χ4n) is 2.62. The van der Waals surface area contributed by atoms with E-state index in [4.69, 9.17) is 4.42 Å². The summed E-state index contributed by atoms with van der Waals surface area (Å²) in [6.07, 6.45) is 19.9. The molecular formula is C36H58N6O2S2. The van der Waals surface area contributed by atoms with Gasteiger partial charge in [0.15, 0.2) is 5.89 Å². The normalized spacial score (nSPS) is 10.6. The van der Waals surface area contributed by atoms with E-state index in [-0.39, 0.29) is 29.7 Å². The van der Waals surface area contributed by atoms with E-state index in [2.05, 4.69) is 89.5 Å². The highest BCUT2D eigenvalue weighted by Gasteiger charge is 1.86. The Balaban J connectivity index is -0.000000220. The number of hydrogen-bond donors (Lipinski definition) is 1. The van der Waals surface area contributed by atoms with E-state index in [0.717, 1.165) is 29.6 Å². The van der Waals surface area contributed by atoms with E-state index >= 15 is 0 Å². The summed E-state index contributed by atoms with van der Waals surface area (Å²) < 4.78 is 9.33. The first kappa shape index (κ1) is 48.7. The average Bonchev–Trinajstić information content (AvgIpc) is 3.79. The van der Waals surface area contributed by atoms with Gasteiger partial charge in [-0.05, 0) is 81.6 Å². The monoisotopic (exact) mass is 670 g/mol. The van der Waals surface area contributed by atoms with Crippen LogP contribution < -0.4 is 0 Å². The van der Waals surface area contributed by atoms with Crippen molar-refractivity contribution in [2.75, 3.05) is 6.54 Å². The van der Waals surface area contributed by atoms with Gasteiger partial charge in [-0.2, -0.15) is 11.3 Å². The molecule has 256 valence electrons. The summed E-state index contributed by atoms with van der Waals surface area (Å²) in [5, 5.41) is 14.2. The van der Waals surface area contributed by atoms with Crippen LogP contribution in [0.25, 0.3) is 0 Å². The van der Waals surface area contributed by atoms with Gasteiger partial charge in [0, 0.05) is 43.0 Å². The molecule has 1 aliphatic heterocycles. The molecule has 46 heavy (non-hydrogen) atoms. The topological polar surface area (TPSA) is 106 Å². The molecule has 8 nitrogen and oxygen atoms in total. The van der Waals surface area contributed by atoms with Crippen molar-refractivity contribution in [2.24, 2.45) is 4.99 Å². The number of nitrogens with one attached hydrogen (secondary N) is 1. The summed E-state index contributed by atoms with van der Waals surface area (Å²) in [4.78, 5) is 14.7. The molecule has 0 amide bonds. The van der Waals surface area contributed by atoms with Crippen LogP contribution in [0.4, 0.5) is 0 Å². The Morgan fingerprint density at radius 2 is 1.57 bits per heavy atom. The van der Waals surface area contributed by atoms with Crippen LogP contribution >= 0.6 is 22.7 Å². The third-order valence-electron chi connectivity index (χ3n) is 4.76. The summed E-state index contributed by atoms with van der Waals surface area (Å²) >= 11 is 3.41. The van der Waals surface area contributed by atoms with Gasteiger partial charge in [0.1, 0.15) is 6.26 Å². The van der Waals surface area contributed by atoms with Gasteiger partial charge in [0.05, 0.1) is 17.7 Å². The maximum Gasteiger partial charge on any atom is 0.213 e. The number of nitrogens with zero attached hydrogens (tertiary/aromatic N) is 5.